The lowest BCUT2D eigenvalue weighted by molar-refractivity contribution is 0.553. The van der Waals surface area contributed by atoms with E-state index in [2.05, 4.69) is 30.1 Å². The van der Waals surface area contributed by atoms with Gasteiger partial charge in [0.1, 0.15) is 0 Å². The summed E-state index contributed by atoms with van der Waals surface area (Å²) in [5, 5.41) is 8.97. The van der Waals surface area contributed by atoms with Crippen molar-refractivity contribution in [2.24, 2.45) is 0 Å². The minimum atomic E-state index is 0.667. The van der Waals surface area contributed by atoms with E-state index in [1.807, 2.05) is 13.0 Å². The number of aryl methyl sites for hydroxylation is 1. The van der Waals surface area contributed by atoms with E-state index < -0.39 is 0 Å². The van der Waals surface area contributed by atoms with Gasteiger partial charge in [-0.3, -0.25) is 0 Å². The molecule has 0 aliphatic heterocycles. The molecule has 0 atom stereocenters. The zero-order valence-corrected chi connectivity index (χ0v) is 11.4. The minimum absolute atomic E-state index is 0.667. The SMILES string of the molecule is Cc1cc(N(C)C2CCCCCC2)ccc1C#N. The molecule has 0 unspecified atom stereocenters. The number of hydrogen-bond acceptors (Lipinski definition) is 2. The molecule has 1 aliphatic carbocycles. The fraction of sp³-hybridized carbons (Fsp3) is 0.562. The van der Waals surface area contributed by atoms with Gasteiger partial charge in [0.05, 0.1) is 11.6 Å². The first-order valence-electron chi connectivity index (χ1n) is 6.96. The topological polar surface area (TPSA) is 27.0 Å². The van der Waals surface area contributed by atoms with E-state index in [1.165, 1.54) is 44.2 Å². The fourth-order valence-corrected chi connectivity index (χ4v) is 2.85. The Morgan fingerprint density at radius 2 is 1.83 bits per heavy atom. The van der Waals surface area contributed by atoms with Gasteiger partial charge in [0.25, 0.3) is 0 Å². The van der Waals surface area contributed by atoms with Gasteiger partial charge in [-0.05, 0) is 43.5 Å². The van der Waals surface area contributed by atoms with Crippen molar-refractivity contribution in [1.82, 2.24) is 0 Å². The molecule has 0 N–H and O–H groups in total. The number of hydrogen-bond donors (Lipinski definition) is 0. The highest BCUT2D eigenvalue weighted by molar-refractivity contribution is 5.53. The summed E-state index contributed by atoms with van der Waals surface area (Å²) in [6.45, 7) is 2.02. The van der Waals surface area contributed by atoms with Gasteiger partial charge >= 0.3 is 0 Å². The Bertz CT molecular complexity index is 437. The first-order chi connectivity index (χ1) is 8.72. The summed E-state index contributed by atoms with van der Waals surface area (Å²) in [5.41, 5.74) is 3.11. The number of anilines is 1. The smallest absolute Gasteiger partial charge is 0.0994 e. The molecule has 1 saturated carbocycles. The third-order valence-corrected chi connectivity index (χ3v) is 4.11. The Balaban J connectivity index is 2.15. The number of rotatable bonds is 2. The molecule has 2 nitrogen and oxygen atoms in total. The zero-order valence-electron chi connectivity index (χ0n) is 11.4. The van der Waals surface area contributed by atoms with Crippen LogP contribution >= 0.6 is 0 Å². The molecule has 0 aromatic heterocycles. The second-order valence-electron chi connectivity index (χ2n) is 5.37. The second kappa shape index (κ2) is 5.91. The molecule has 0 amide bonds. The summed E-state index contributed by atoms with van der Waals surface area (Å²) in [4.78, 5) is 2.40. The molecule has 1 aromatic rings. The average molecular weight is 242 g/mol. The molecule has 2 heteroatoms. The monoisotopic (exact) mass is 242 g/mol. The molecular formula is C16H22N2. The molecule has 1 aliphatic rings. The van der Waals surface area contributed by atoms with Crippen molar-refractivity contribution in [3.8, 4) is 6.07 Å². The minimum Gasteiger partial charge on any atom is -0.372 e. The molecule has 0 saturated heterocycles. The van der Waals surface area contributed by atoms with Crippen LogP contribution in [-0.4, -0.2) is 13.1 Å². The van der Waals surface area contributed by atoms with Gasteiger partial charge in [-0.2, -0.15) is 5.26 Å². The van der Waals surface area contributed by atoms with Gasteiger partial charge in [-0.25, -0.2) is 0 Å². The largest absolute Gasteiger partial charge is 0.372 e. The van der Waals surface area contributed by atoms with Crippen molar-refractivity contribution in [1.29, 1.82) is 5.26 Å². The Morgan fingerprint density at radius 1 is 1.17 bits per heavy atom. The highest BCUT2D eigenvalue weighted by Crippen LogP contribution is 2.26. The predicted molar refractivity (Wildman–Crippen MR) is 75.8 cm³/mol. The molecule has 0 radical (unpaired) electrons. The van der Waals surface area contributed by atoms with Crippen molar-refractivity contribution >= 4 is 5.69 Å². The van der Waals surface area contributed by atoms with E-state index in [0.29, 0.717) is 6.04 Å². The van der Waals surface area contributed by atoms with Crippen molar-refractivity contribution in [3.05, 3.63) is 29.3 Å². The Hall–Kier alpha value is -1.49. The highest BCUT2D eigenvalue weighted by atomic mass is 15.1. The number of nitriles is 1. The van der Waals surface area contributed by atoms with Crippen molar-refractivity contribution in [3.63, 3.8) is 0 Å². The third kappa shape index (κ3) is 2.85. The third-order valence-electron chi connectivity index (χ3n) is 4.11. The first kappa shape index (κ1) is 13.0. The quantitative estimate of drug-likeness (QED) is 0.732. The maximum atomic E-state index is 8.97. The number of nitrogens with zero attached hydrogens (tertiary/aromatic N) is 2. The van der Waals surface area contributed by atoms with Gasteiger partial charge in [0.2, 0.25) is 0 Å². The second-order valence-corrected chi connectivity index (χ2v) is 5.37. The normalized spacial score (nSPS) is 16.9. The van der Waals surface area contributed by atoms with Crippen molar-refractivity contribution in [2.75, 3.05) is 11.9 Å². The molecule has 0 bridgehead atoms. The average Bonchev–Trinajstić information content (AvgIpc) is 2.66. The van der Waals surface area contributed by atoms with Crippen molar-refractivity contribution in [2.45, 2.75) is 51.5 Å². The summed E-state index contributed by atoms with van der Waals surface area (Å²) in [6.07, 6.45) is 8.08. The zero-order chi connectivity index (χ0) is 13.0. The predicted octanol–water partition coefficient (Wildman–Crippen LogP) is 4.03. The molecule has 0 spiro atoms. The van der Waals surface area contributed by atoms with Crippen LogP contribution in [0.5, 0.6) is 0 Å². The molecule has 1 aromatic carbocycles. The highest BCUT2D eigenvalue weighted by Gasteiger charge is 2.17. The van der Waals surface area contributed by atoms with Crippen LogP contribution in [0.2, 0.25) is 0 Å². The van der Waals surface area contributed by atoms with E-state index >= 15 is 0 Å². The van der Waals surface area contributed by atoms with Crippen LogP contribution < -0.4 is 4.90 Å². The van der Waals surface area contributed by atoms with Gasteiger partial charge in [0, 0.05) is 18.8 Å². The lowest BCUT2D eigenvalue weighted by Gasteiger charge is -2.29. The lowest BCUT2D eigenvalue weighted by atomic mass is 10.0. The standard InChI is InChI=1S/C16H22N2/c1-13-11-16(10-9-14(13)12-17)18(2)15-7-5-3-4-6-8-15/h9-11,15H,3-8H2,1-2H3. The van der Waals surface area contributed by atoms with E-state index in [0.717, 1.165) is 11.1 Å². The van der Waals surface area contributed by atoms with Gasteiger partial charge in [-0.15, -0.1) is 0 Å². The molecule has 1 fully saturated rings. The summed E-state index contributed by atoms with van der Waals surface area (Å²) < 4.78 is 0. The van der Waals surface area contributed by atoms with Crippen LogP contribution in [0.15, 0.2) is 18.2 Å². The van der Waals surface area contributed by atoms with Crippen LogP contribution in [0.3, 0.4) is 0 Å². The summed E-state index contributed by atoms with van der Waals surface area (Å²) >= 11 is 0. The van der Waals surface area contributed by atoms with Crippen LogP contribution in [0.4, 0.5) is 5.69 Å². The molecule has 2 rings (SSSR count). The molecular weight excluding hydrogens is 220 g/mol. The molecule has 18 heavy (non-hydrogen) atoms. The van der Waals surface area contributed by atoms with Gasteiger partial charge in [-0.1, -0.05) is 25.7 Å². The van der Waals surface area contributed by atoms with E-state index in [9.17, 15) is 0 Å². The van der Waals surface area contributed by atoms with E-state index in [-0.39, 0.29) is 0 Å². The van der Waals surface area contributed by atoms with Crippen LogP contribution in [0.1, 0.15) is 49.7 Å². The van der Waals surface area contributed by atoms with Crippen LogP contribution in [0, 0.1) is 18.3 Å². The summed E-state index contributed by atoms with van der Waals surface area (Å²) in [7, 11) is 2.19. The summed E-state index contributed by atoms with van der Waals surface area (Å²) in [5.74, 6) is 0. The lowest BCUT2D eigenvalue weighted by Crippen LogP contribution is -2.31. The van der Waals surface area contributed by atoms with E-state index in [4.69, 9.17) is 5.26 Å². The Labute approximate surface area is 110 Å². The maximum Gasteiger partial charge on any atom is 0.0994 e. The first-order valence-corrected chi connectivity index (χ1v) is 6.96. The molecule has 96 valence electrons. The van der Waals surface area contributed by atoms with Crippen LogP contribution in [-0.2, 0) is 0 Å². The fourth-order valence-electron chi connectivity index (χ4n) is 2.85. The maximum absolute atomic E-state index is 8.97. The van der Waals surface area contributed by atoms with Gasteiger partial charge in [0.15, 0.2) is 0 Å². The number of benzene rings is 1. The van der Waals surface area contributed by atoms with Crippen molar-refractivity contribution < 1.29 is 0 Å². The van der Waals surface area contributed by atoms with E-state index in [1.54, 1.807) is 0 Å². The Kier molecular flexibility index (Phi) is 4.25. The van der Waals surface area contributed by atoms with Gasteiger partial charge < -0.3 is 4.90 Å². The molecule has 0 heterocycles. The van der Waals surface area contributed by atoms with Crippen LogP contribution in [0.25, 0.3) is 0 Å². The summed E-state index contributed by atoms with van der Waals surface area (Å²) in [6, 6.07) is 9.06. The Morgan fingerprint density at radius 3 is 2.39 bits per heavy atom.